The zero-order valence-electron chi connectivity index (χ0n) is 17.3. The molecule has 2 atom stereocenters. The lowest BCUT2D eigenvalue weighted by molar-refractivity contribution is 0.0890. The summed E-state index contributed by atoms with van der Waals surface area (Å²) >= 11 is 3.53. The van der Waals surface area contributed by atoms with Gasteiger partial charge in [0.1, 0.15) is 11.4 Å². The highest BCUT2D eigenvalue weighted by atomic mass is 79.9. The lowest BCUT2D eigenvalue weighted by Gasteiger charge is -2.32. The summed E-state index contributed by atoms with van der Waals surface area (Å²) in [5.74, 6) is 0.636. The van der Waals surface area contributed by atoms with Crippen LogP contribution in [-0.2, 0) is 0 Å². The van der Waals surface area contributed by atoms with Gasteiger partial charge in [0, 0.05) is 28.6 Å². The number of carbonyl (C=O) groups is 2. The Bertz CT molecular complexity index is 1110. The molecule has 7 heteroatoms. The SMILES string of the molecule is O=C(NC1CCCCC1CNC(=O)c1[nH]ccc1C1CC1)c1cc2cccc(Br)c2[nH]1. The Morgan fingerprint density at radius 2 is 1.90 bits per heavy atom. The minimum atomic E-state index is -0.0910. The van der Waals surface area contributed by atoms with Crippen molar-refractivity contribution in [2.75, 3.05) is 6.54 Å². The van der Waals surface area contributed by atoms with Crippen LogP contribution < -0.4 is 10.6 Å². The monoisotopic (exact) mass is 482 g/mol. The molecule has 0 spiro atoms. The van der Waals surface area contributed by atoms with Gasteiger partial charge in [-0.25, -0.2) is 0 Å². The van der Waals surface area contributed by atoms with Crippen molar-refractivity contribution in [2.24, 2.45) is 5.92 Å². The van der Waals surface area contributed by atoms with Gasteiger partial charge in [-0.15, -0.1) is 0 Å². The molecule has 2 aliphatic carbocycles. The lowest BCUT2D eigenvalue weighted by atomic mass is 9.84. The van der Waals surface area contributed by atoms with Gasteiger partial charge in [0.25, 0.3) is 11.8 Å². The maximum atomic E-state index is 12.9. The number of rotatable bonds is 6. The Balaban J connectivity index is 1.23. The van der Waals surface area contributed by atoms with Crippen LogP contribution in [0.3, 0.4) is 0 Å². The Labute approximate surface area is 189 Å². The number of aromatic amines is 2. The van der Waals surface area contributed by atoms with Crippen LogP contribution in [0, 0.1) is 5.92 Å². The molecule has 2 amide bonds. The first-order valence-electron chi connectivity index (χ1n) is 11.1. The van der Waals surface area contributed by atoms with Gasteiger partial charge in [-0.2, -0.15) is 0 Å². The van der Waals surface area contributed by atoms with E-state index in [0.717, 1.165) is 46.6 Å². The molecule has 0 saturated heterocycles. The zero-order chi connectivity index (χ0) is 21.4. The number of aromatic nitrogens is 2. The molecule has 2 heterocycles. The molecule has 5 rings (SSSR count). The summed E-state index contributed by atoms with van der Waals surface area (Å²) in [6, 6.07) is 9.87. The Morgan fingerprint density at radius 1 is 1.06 bits per heavy atom. The fraction of sp³-hybridized carbons (Fsp3) is 0.417. The first-order valence-corrected chi connectivity index (χ1v) is 11.9. The molecule has 2 aromatic heterocycles. The zero-order valence-corrected chi connectivity index (χ0v) is 18.9. The normalized spacial score (nSPS) is 21.2. The van der Waals surface area contributed by atoms with E-state index in [9.17, 15) is 9.59 Å². The van der Waals surface area contributed by atoms with E-state index in [2.05, 4.69) is 36.5 Å². The summed E-state index contributed by atoms with van der Waals surface area (Å²) in [5.41, 5.74) is 3.33. The van der Waals surface area contributed by atoms with Gasteiger partial charge < -0.3 is 20.6 Å². The second kappa shape index (κ2) is 8.54. The molecule has 0 aliphatic heterocycles. The van der Waals surface area contributed by atoms with Crippen molar-refractivity contribution in [3.8, 4) is 0 Å². The summed E-state index contributed by atoms with van der Waals surface area (Å²) in [5, 5.41) is 7.34. The summed E-state index contributed by atoms with van der Waals surface area (Å²) in [7, 11) is 0. The van der Waals surface area contributed by atoms with Crippen LogP contribution in [0.25, 0.3) is 10.9 Å². The highest BCUT2D eigenvalue weighted by Gasteiger charge is 2.30. The van der Waals surface area contributed by atoms with Crippen molar-refractivity contribution < 1.29 is 9.59 Å². The van der Waals surface area contributed by atoms with E-state index in [1.807, 2.05) is 36.5 Å². The maximum absolute atomic E-state index is 12.9. The predicted molar refractivity (Wildman–Crippen MR) is 124 cm³/mol. The van der Waals surface area contributed by atoms with Crippen LogP contribution in [0.2, 0.25) is 0 Å². The molecular formula is C24H27BrN4O2. The van der Waals surface area contributed by atoms with Crippen molar-refractivity contribution in [1.82, 2.24) is 20.6 Å². The van der Waals surface area contributed by atoms with Gasteiger partial charge in [0.15, 0.2) is 0 Å². The molecule has 4 N–H and O–H groups in total. The predicted octanol–water partition coefficient (Wildman–Crippen LogP) is 4.85. The quantitative estimate of drug-likeness (QED) is 0.404. The van der Waals surface area contributed by atoms with Crippen LogP contribution >= 0.6 is 15.9 Å². The third-order valence-electron chi connectivity index (χ3n) is 6.62. The first kappa shape index (κ1) is 20.4. The second-order valence-electron chi connectivity index (χ2n) is 8.80. The number of H-pyrrole nitrogens is 2. The molecule has 31 heavy (non-hydrogen) atoms. The third-order valence-corrected chi connectivity index (χ3v) is 7.28. The van der Waals surface area contributed by atoms with Gasteiger partial charge in [0.2, 0.25) is 0 Å². The number of amides is 2. The van der Waals surface area contributed by atoms with Crippen LogP contribution in [-0.4, -0.2) is 34.4 Å². The molecule has 1 aromatic carbocycles. The molecule has 2 saturated carbocycles. The average molecular weight is 483 g/mol. The molecule has 2 unspecified atom stereocenters. The van der Waals surface area contributed by atoms with Crippen molar-refractivity contribution in [2.45, 2.75) is 50.5 Å². The molecule has 2 fully saturated rings. The standard InChI is InChI=1S/C24H27BrN4O2/c25-18-6-3-5-15-12-20(28-21(15)18)23(30)29-19-7-2-1-4-16(19)13-27-24(31)22-17(10-11-26-22)14-8-9-14/h3,5-6,10-12,14,16,19,26,28H,1-2,4,7-9,13H2,(H,27,31)(H,29,30). The Morgan fingerprint density at radius 3 is 2.71 bits per heavy atom. The lowest BCUT2D eigenvalue weighted by Crippen LogP contribution is -2.46. The van der Waals surface area contributed by atoms with Crippen molar-refractivity contribution in [3.05, 3.63) is 58.0 Å². The molecule has 2 aliphatic rings. The number of fused-ring (bicyclic) bond motifs is 1. The Kier molecular flexibility index (Phi) is 5.61. The number of benzene rings is 1. The third kappa shape index (κ3) is 4.28. The summed E-state index contributed by atoms with van der Waals surface area (Å²) < 4.78 is 0.942. The molecule has 3 aromatic rings. The smallest absolute Gasteiger partial charge is 0.268 e. The van der Waals surface area contributed by atoms with Crippen LogP contribution in [0.15, 0.2) is 41.0 Å². The van der Waals surface area contributed by atoms with E-state index in [-0.39, 0.29) is 23.8 Å². The van der Waals surface area contributed by atoms with E-state index in [0.29, 0.717) is 23.9 Å². The van der Waals surface area contributed by atoms with Gasteiger partial charge in [0.05, 0.1) is 5.52 Å². The van der Waals surface area contributed by atoms with Crippen LogP contribution in [0.1, 0.15) is 71.0 Å². The number of hydrogen-bond donors (Lipinski definition) is 4. The number of para-hydroxylation sites is 1. The van der Waals surface area contributed by atoms with Crippen molar-refractivity contribution in [3.63, 3.8) is 0 Å². The summed E-state index contributed by atoms with van der Waals surface area (Å²) in [4.78, 5) is 32.0. The topological polar surface area (TPSA) is 89.8 Å². The van der Waals surface area contributed by atoms with E-state index in [4.69, 9.17) is 0 Å². The number of carbonyl (C=O) groups excluding carboxylic acids is 2. The van der Waals surface area contributed by atoms with Gasteiger partial charge in [-0.3, -0.25) is 9.59 Å². The maximum Gasteiger partial charge on any atom is 0.268 e. The Hall–Kier alpha value is -2.54. The largest absolute Gasteiger partial charge is 0.357 e. The van der Waals surface area contributed by atoms with Gasteiger partial charge in [-0.05, 0) is 77.2 Å². The molecular weight excluding hydrogens is 456 g/mol. The average Bonchev–Trinajstić information content (AvgIpc) is 3.32. The minimum absolute atomic E-state index is 0.0389. The van der Waals surface area contributed by atoms with Gasteiger partial charge >= 0.3 is 0 Å². The molecule has 0 bridgehead atoms. The highest BCUT2D eigenvalue weighted by molar-refractivity contribution is 9.10. The number of halogens is 1. The van der Waals surface area contributed by atoms with Crippen molar-refractivity contribution >= 4 is 38.6 Å². The second-order valence-corrected chi connectivity index (χ2v) is 9.66. The van der Waals surface area contributed by atoms with Crippen LogP contribution in [0.5, 0.6) is 0 Å². The molecule has 6 nitrogen and oxygen atoms in total. The molecule has 0 radical (unpaired) electrons. The van der Waals surface area contributed by atoms with Crippen LogP contribution in [0.4, 0.5) is 0 Å². The van der Waals surface area contributed by atoms with E-state index < -0.39 is 0 Å². The number of nitrogens with one attached hydrogen (secondary N) is 4. The summed E-state index contributed by atoms with van der Waals surface area (Å²) in [6.45, 7) is 0.575. The van der Waals surface area contributed by atoms with E-state index in [1.165, 1.54) is 12.8 Å². The van der Waals surface area contributed by atoms with Gasteiger partial charge in [-0.1, -0.05) is 25.0 Å². The number of hydrogen-bond acceptors (Lipinski definition) is 2. The minimum Gasteiger partial charge on any atom is -0.357 e. The van der Waals surface area contributed by atoms with E-state index in [1.54, 1.807) is 0 Å². The first-order chi connectivity index (χ1) is 15.1. The fourth-order valence-corrected chi connectivity index (χ4v) is 5.24. The summed E-state index contributed by atoms with van der Waals surface area (Å²) in [6.07, 6.45) is 8.34. The fourth-order valence-electron chi connectivity index (χ4n) is 4.75. The van der Waals surface area contributed by atoms with Crippen molar-refractivity contribution in [1.29, 1.82) is 0 Å². The van der Waals surface area contributed by atoms with E-state index >= 15 is 0 Å². The molecule has 162 valence electrons. The highest BCUT2D eigenvalue weighted by Crippen LogP contribution is 2.41.